The minimum Gasteiger partial charge on any atom is -0.493 e. The van der Waals surface area contributed by atoms with Crippen molar-refractivity contribution in [2.75, 3.05) is 25.3 Å². The van der Waals surface area contributed by atoms with Gasteiger partial charge in [-0.15, -0.1) is 0 Å². The van der Waals surface area contributed by atoms with Crippen LogP contribution in [0.2, 0.25) is 0 Å². The zero-order valence-electron chi connectivity index (χ0n) is 19.6. The first-order valence-electron chi connectivity index (χ1n) is 10.9. The van der Waals surface area contributed by atoms with Crippen LogP contribution in [0.5, 0.6) is 11.5 Å². The molecule has 36 heavy (non-hydrogen) atoms. The average molecular weight is 560 g/mol. The first-order chi connectivity index (χ1) is 17.5. The molecule has 8 heteroatoms. The maximum atomic E-state index is 12.6. The number of rotatable bonds is 8. The van der Waals surface area contributed by atoms with Gasteiger partial charge in [-0.05, 0) is 48.0 Å². The van der Waals surface area contributed by atoms with Crippen LogP contribution in [-0.2, 0) is 4.79 Å². The van der Waals surface area contributed by atoms with E-state index in [9.17, 15) is 10.1 Å². The van der Waals surface area contributed by atoms with Crippen LogP contribution in [-0.4, -0.2) is 30.9 Å². The fraction of sp³-hybridized carbons (Fsp3) is 0.107. The number of methoxy groups -OCH3 is 2. The van der Waals surface area contributed by atoms with E-state index in [0.717, 1.165) is 15.6 Å². The van der Waals surface area contributed by atoms with Gasteiger partial charge in [0.25, 0.3) is 0 Å². The Balaban J connectivity index is 1.75. The Labute approximate surface area is 222 Å². The Kier molecular flexibility index (Phi) is 8.26. The van der Waals surface area contributed by atoms with Crippen molar-refractivity contribution in [1.82, 2.24) is 4.98 Å². The lowest BCUT2D eigenvalue weighted by molar-refractivity contribution is -0.113. The summed E-state index contributed by atoms with van der Waals surface area (Å²) in [6.07, 6.45) is 0. The van der Waals surface area contributed by atoms with Crippen molar-refractivity contribution in [3.05, 3.63) is 88.9 Å². The summed E-state index contributed by atoms with van der Waals surface area (Å²) >= 11 is 4.69. The number of amides is 1. The number of pyridine rings is 1. The Bertz CT molecular complexity index is 1420. The third-order valence-corrected chi connectivity index (χ3v) is 6.83. The van der Waals surface area contributed by atoms with Gasteiger partial charge in [0.05, 0.1) is 31.2 Å². The minimum atomic E-state index is -0.182. The van der Waals surface area contributed by atoms with E-state index in [1.54, 1.807) is 20.3 Å². The number of nitrogens with zero attached hydrogens (tertiary/aromatic N) is 2. The van der Waals surface area contributed by atoms with Gasteiger partial charge in [-0.1, -0.05) is 64.1 Å². The van der Waals surface area contributed by atoms with Crippen LogP contribution in [0.15, 0.2) is 88.4 Å². The van der Waals surface area contributed by atoms with Gasteiger partial charge in [0.1, 0.15) is 11.1 Å². The molecule has 0 spiro atoms. The normalized spacial score (nSPS) is 10.4. The topological polar surface area (TPSA) is 84.2 Å². The van der Waals surface area contributed by atoms with Gasteiger partial charge in [-0.25, -0.2) is 4.98 Å². The molecular formula is C28H22BrN3O3S. The molecule has 0 fully saturated rings. The van der Waals surface area contributed by atoms with Crippen molar-refractivity contribution in [3.8, 4) is 40.0 Å². The van der Waals surface area contributed by atoms with Crippen LogP contribution < -0.4 is 14.8 Å². The highest BCUT2D eigenvalue weighted by Gasteiger charge is 2.18. The zero-order chi connectivity index (χ0) is 25.5. The maximum Gasteiger partial charge on any atom is 0.234 e. The molecule has 0 aliphatic rings. The van der Waals surface area contributed by atoms with Crippen molar-refractivity contribution in [2.24, 2.45) is 0 Å². The number of nitriles is 1. The number of thioether (sulfide) groups is 1. The standard InChI is InChI=1S/C28H22BrN3O3S/c1-34-25-13-10-19(14-26(25)35-2)22-15-24(18-8-11-20(29)12-9-18)32-28(23(22)16-30)36-17-27(33)31-21-6-4-3-5-7-21/h3-15H,17H2,1-2H3,(H,31,33). The second-order valence-corrected chi connectivity index (χ2v) is 9.51. The number of carbonyl (C=O) groups is 1. The van der Waals surface area contributed by atoms with E-state index in [4.69, 9.17) is 14.5 Å². The lowest BCUT2D eigenvalue weighted by atomic mass is 9.99. The molecule has 0 radical (unpaired) electrons. The molecule has 0 atom stereocenters. The fourth-order valence-corrected chi connectivity index (χ4v) is 4.65. The number of nitrogens with one attached hydrogen (secondary N) is 1. The van der Waals surface area contributed by atoms with Gasteiger partial charge in [-0.3, -0.25) is 4.79 Å². The van der Waals surface area contributed by atoms with Crippen LogP contribution in [0.4, 0.5) is 5.69 Å². The number of anilines is 1. The minimum absolute atomic E-state index is 0.103. The predicted molar refractivity (Wildman–Crippen MR) is 146 cm³/mol. The number of benzene rings is 3. The number of halogens is 1. The van der Waals surface area contributed by atoms with Gasteiger partial charge in [0.2, 0.25) is 5.91 Å². The van der Waals surface area contributed by atoms with Crippen molar-refractivity contribution in [2.45, 2.75) is 5.03 Å². The molecule has 0 unspecified atom stereocenters. The van der Waals surface area contributed by atoms with Gasteiger partial charge in [0, 0.05) is 21.3 Å². The summed E-state index contributed by atoms with van der Waals surface area (Å²) in [5.74, 6) is 1.07. The molecule has 0 aliphatic heterocycles. The molecule has 4 aromatic rings. The van der Waals surface area contributed by atoms with Crippen molar-refractivity contribution in [3.63, 3.8) is 0 Å². The highest BCUT2D eigenvalue weighted by Crippen LogP contribution is 2.38. The largest absolute Gasteiger partial charge is 0.493 e. The molecule has 0 aliphatic carbocycles. The molecule has 180 valence electrons. The monoisotopic (exact) mass is 559 g/mol. The summed E-state index contributed by atoms with van der Waals surface area (Å²) in [6.45, 7) is 0. The number of aromatic nitrogens is 1. The molecule has 4 rings (SSSR count). The van der Waals surface area contributed by atoms with E-state index in [2.05, 4.69) is 27.3 Å². The summed E-state index contributed by atoms with van der Waals surface area (Å²) in [5, 5.41) is 13.5. The van der Waals surface area contributed by atoms with E-state index >= 15 is 0 Å². The predicted octanol–water partition coefficient (Wildman–Crippen LogP) is 6.80. The molecule has 1 amide bonds. The molecule has 6 nitrogen and oxygen atoms in total. The molecule has 1 aromatic heterocycles. The van der Waals surface area contributed by atoms with Gasteiger partial charge >= 0.3 is 0 Å². The molecule has 1 heterocycles. The van der Waals surface area contributed by atoms with Gasteiger partial charge in [-0.2, -0.15) is 5.26 Å². The number of carbonyl (C=O) groups excluding carboxylic acids is 1. The van der Waals surface area contributed by atoms with E-state index in [1.807, 2.05) is 72.8 Å². The lowest BCUT2D eigenvalue weighted by Gasteiger charge is -2.14. The van der Waals surface area contributed by atoms with Crippen LogP contribution in [0.25, 0.3) is 22.4 Å². The van der Waals surface area contributed by atoms with Gasteiger partial charge in [0.15, 0.2) is 11.5 Å². The van der Waals surface area contributed by atoms with Crippen LogP contribution in [0.3, 0.4) is 0 Å². The Morgan fingerprint density at radius 1 is 0.972 bits per heavy atom. The van der Waals surface area contributed by atoms with Crippen LogP contribution in [0.1, 0.15) is 5.56 Å². The van der Waals surface area contributed by atoms with Crippen molar-refractivity contribution < 1.29 is 14.3 Å². The van der Waals surface area contributed by atoms with Crippen molar-refractivity contribution >= 4 is 39.3 Å². The smallest absolute Gasteiger partial charge is 0.234 e. The highest BCUT2D eigenvalue weighted by molar-refractivity contribution is 9.10. The molecule has 1 N–H and O–H groups in total. The van der Waals surface area contributed by atoms with E-state index in [-0.39, 0.29) is 11.7 Å². The summed E-state index contributed by atoms with van der Waals surface area (Å²) in [7, 11) is 3.14. The van der Waals surface area contributed by atoms with E-state index in [1.165, 1.54) is 11.8 Å². The third-order valence-electron chi connectivity index (χ3n) is 5.33. The average Bonchev–Trinajstić information content (AvgIpc) is 2.92. The maximum absolute atomic E-state index is 12.6. The summed E-state index contributed by atoms with van der Waals surface area (Å²) < 4.78 is 11.8. The Morgan fingerprint density at radius 2 is 1.67 bits per heavy atom. The Hall–Kier alpha value is -3.80. The molecule has 0 saturated heterocycles. The van der Waals surface area contributed by atoms with Gasteiger partial charge < -0.3 is 14.8 Å². The number of para-hydroxylation sites is 1. The van der Waals surface area contributed by atoms with Crippen LogP contribution >= 0.6 is 27.7 Å². The van der Waals surface area contributed by atoms with Crippen molar-refractivity contribution in [1.29, 1.82) is 5.26 Å². The molecular weight excluding hydrogens is 538 g/mol. The SMILES string of the molecule is COc1ccc(-c2cc(-c3ccc(Br)cc3)nc(SCC(=O)Nc3ccccc3)c2C#N)cc1OC. The third kappa shape index (κ3) is 5.88. The van der Waals surface area contributed by atoms with E-state index < -0.39 is 0 Å². The number of ether oxygens (including phenoxy) is 2. The first-order valence-corrected chi connectivity index (χ1v) is 12.7. The first kappa shape index (κ1) is 25.3. The molecule has 0 saturated carbocycles. The molecule has 3 aromatic carbocycles. The van der Waals surface area contributed by atoms with Crippen LogP contribution in [0, 0.1) is 11.3 Å². The summed E-state index contributed by atoms with van der Waals surface area (Å²) in [6, 6.07) is 26.7. The zero-order valence-corrected chi connectivity index (χ0v) is 22.0. The number of hydrogen-bond acceptors (Lipinski definition) is 6. The van der Waals surface area contributed by atoms with E-state index in [0.29, 0.717) is 39.0 Å². The number of hydrogen-bond donors (Lipinski definition) is 1. The Morgan fingerprint density at radius 3 is 2.33 bits per heavy atom. The molecule has 0 bridgehead atoms. The second kappa shape index (κ2) is 11.8. The highest BCUT2D eigenvalue weighted by atomic mass is 79.9. The second-order valence-electron chi connectivity index (χ2n) is 7.63. The quantitative estimate of drug-likeness (QED) is 0.239. The lowest BCUT2D eigenvalue weighted by Crippen LogP contribution is -2.14. The summed E-state index contributed by atoms with van der Waals surface area (Å²) in [4.78, 5) is 17.4. The summed E-state index contributed by atoms with van der Waals surface area (Å²) in [5.41, 5.74) is 4.15. The fourth-order valence-electron chi connectivity index (χ4n) is 3.59.